The van der Waals surface area contributed by atoms with Gasteiger partial charge >= 0.3 is 0 Å². The van der Waals surface area contributed by atoms with Gasteiger partial charge < -0.3 is 9.05 Å². The van der Waals surface area contributed by atoms with Gasteiger partial charge in [0.1, 0.15) is 0 Å². The second-order valence-electron chi connectivity index (χ2n) is 3.84. The second kappa shape index (κ2) is 4.14. The Labute approximate surface area is 96.5 Å². The minimum atomic E-state index is -0.904. The summed E-state index contributed by atoms with van der Waals surface area (Å²) in [7, 11) is 0.814. The van der Waals surface area contributed by atoms with Gasteiger partial charge in [-0.3, -0.25) is 0 Å². The highest BCUT2D eigenvalue weighted by molar-refractivity contribution is 7.56. The van der Waals surface area contributed by atoms with Crippen LogP contribution in [-0.2, 0) is 9.05 Å². The molecule has 1 aliphatic carbocycles. The van der Waals surface area contributed by atoms with E-state index in [4.69, 9.17) is 9.05 Å². The van der Waals surface area contributed by atoms with Crippen molar-refractivity contribution in [2.24, 2.45) is 0 Å². The van der Waals surface area contributed by atoms with Crippen molar-refractivity contribution >= 4 is 19.3 Å². The molecule has 0 amide bonds. The van der Waals surface area contributed by atoms with Crippen LogP contribution >= 0.6 is 8.38 Å². The molecule has 0 bridgehead atoms. The average molecular weight is 232 g/mol. The largest absolute Gasteiger partial charge is 0.334 e. The van der Waals surface area contributed by atoms with Gasteiger partial charge in [0.15, 0.2) is 0 Å². The number of hydrogen-bond acceptors (Lipinski definition) is 2. The van der Waals surface area contributed by atoms with Crippen molar-refractivity contribution in [3.8, 4) is 0 Å². The van der Waals surface area contributed by atoms with Crippen molar-refractivity contribution in [1.29, 1.82) is 0 Å². The zero-order chi connectivity index (χ0) is 11.0. The first-order valence-corrected chi connectivity index (χ1v) is 6.55. The molecule has 2 unspecified atom stereocenters. The Kier molecular flexibility index (Phi) is 2.64. The molecule has 3 rings (SSSR count). The molecule has 2 nitrogen and oxygen atoms in total. The van der Waals surface area contributed by atoms with Gasteiger partial charge in [0, 0.05) is 12.4 Å². The summed E-state index contributed by atoms with van der Waals surface area (Å²) in [5.41, 5.74) is 2.57. The Bertz CT molecular complexity index is 465. The van der Waals surface area contributed by atoms with Crippen LogP contribution in [0.3, 0.4) is 0 Å². The first-order valence-electron chi connectivity index (χ1n) is 5.37. The van der Waals surface area contributed by atoms with Crippen molar-refractivity contribution in [2.45, 2.75) is 12.5 Å². The predicted octanol–water partition coefficient (Wildman–Crippen LogP) is 3.01. The number of rotatable bonds is 1. The summed E-state index contributed by atoms with van der Waals surface area (Å²) < 4.78 is 11.4. The van der Waals surface area contributed by atoms with E-state index in [9.17, 15) is 0 Å². The highest BCUT2D eigenvalue weighted by Crippen LogP contribution is 2.48. The Balaban J connectivity index is 2.14. The maximum absolute atomic E-state index is 5.99. The lowest BCUT2D eigenvalue weighted by molar-refractivity contribution is 0.243. The Morgan fingerprint density at radius 1 is 1.38 bits per heavy atom. The topological polar surface area (TPSA) is 18.5 Å². The van der Waals surface area contributed by atoms with Gasteiger partial charge in [0.25, 0.3) is 0 Å². The summed E-state index contributed by atoms with van der Waals surface area (Å²) in [6.45, 7) is 0. The van der Waals surface area contributed by atoms with Crippen LogP contribution in [-0.4, -0.2) is 13.2 Å². The molecule has 1 heterocycles. The van der Waals surface area contributed by atoms with Gasteiger partial charge in [0.2, 0.25) is 8.38 Å². The van der Waals surface area contributed by atoms with Crippen LogP contribution in [0.4, 0.5) is 0 Å². The zero-order valence-corrected chi connectivity index (χ0v) is 9.98. The molecule has 1 aliphatic heterocycles. The molecule has 82 valence electrons. The number of hydrogen-bond donors (Lipinski definition) is 0. The molecule has 0 fully saturated rings. The van der Waals surface area contributed by atoms with E-state index in [-0.39, 0.29) is 6.10 Å². The van der Waals surface area contributed by atoms with E-state index in [2.05, 4.69) is 36.4 Å². The molecule has 3 heteroatoms. The van der Waals surface area contributed by atoms with Gasteiger partial charge in [-0.15, -0.1) is 0 Å². The molecular weight excluding hydrogens is 219 g/mol. The molecule has 16 heavy (non-hydrogen) atoms. The number of benzene rings is 1. The summed E-state index contributed by atoms with van der Waals surface area (Å²) in [6, 6.07) is 8.36. The quantitative estimate of drug-likeness (QED) is 0.693. The highest BCUT2D eigenvalue weighted by atomic mass is 31.2. The van der Waals surface area contributed by atoms with Crippen LogP contribution in [0.25, 0.3) is 5.57 Å². The minimum Gasteiger partial charge on any atom is -0.334 e. The maximum atomic E-state index is 5.99. The van der Waals surface area contributed by atoms with E-state index in [1.54, 1.807) is 7.11 Å². The molecule has 2 aliphatic rings. The second-order valence-corrected chi connectivity index (χ2v) is 5.41. The van der Waals surface area contributed by atoms with Crippen molar-refractivity contribution in [2.75, 3.05) is 7.11 Å². The van der Waals surface area contributed by atoms with Crippen LogP contribution in [0.2, 0.25) is 0 Å². The Hall–Kier alpha value is -0.950. The number of fused-ring (bicyclic) bond motifs is 3. The lowest BCUT2D eigenvalue weighted by atomic mass is 9.94. The standard InChI is InChI=1S/C13H13O2P/c1-14-16-13-9-5-3-7-11(13)10-6-2-4-8-12(10)15-16/h2-7,9,12H,8H2,1H3. The number of allylic oxidation sites excluding steroid dienone is 2. The molecule has 0 N–H and O–H groups in total. The maximum Gasteiger partial charge on any atom is 0.206 e. The fraction of sp³-hybridized carbons (Fsp3) is 0.231. The Morgan fingerprint density at radius 2 is 2.25 bits per heavy atom. The van der Waals surface area contributed by atoms with E-state index in [0.29, 0.717) is 0 Å². The summed E-state index contributed by atoms with van der Waals surface area (Å²) in [6.07, 6.45) is 7.51. The van der Waals surface area contributed by atoms with Crippen molar-refractivity contribution in [3.05, 3.63) is 48.1 Å². The summed E-state index contributed by atoms with van der Waals surface area (Å²) in [4.78, 5) is 0. The fourth-order valence-electron chi connectivity index (χ4n) is 2.16. The normalized spacial score (nSPS) is 26.9. The van der Waals surface area contributed by atoms with Crippen molar-refractivity contribution in [3.63, 3.8) is 0 Å². The van der Waals surface area contributed by atoms with Gasteiger partial charge in [0.05, 0.1) is 6.10 Å². The third kappa shape index (κ3) is 1.54. The summed E-state index contributed by atoms with van der Waals surface area (Å²) in [5, 5.41) is 1.19. The van der Waals surface area contributed by atoms with E-state index < -0.39 is 8.38 Å². The van der Waals surface area contributed by atoms with E-state index in [1.165, 1.54) is 16.4 Å². The summed E-state index contributed by atoms with van der Waals surface area (Å²) >= 11 is 0. The monoisotopic (exact) mass is 232 g/mol. The Morgan fingerprint density at radius 3 is 3.12 bits per heavy atom. The molecule has 2 atom stereocenters. The van der Waals surface area contributed by atoms with Crippen molar-refractivity contribution in [1.82, 2.24) is 0 Å². The molecule has 1 aromatic carbocycles. The fourth-order valence-corrected chi connectivity index (χ4v) is 3.60. The molecule has 0 spiro atoms. The van der Waals surface area contributed by atoms with Gasteiger partial charge in [-0.1, -0.05) is 36.4 Å². The average Bonchev–Trinajstić information content (AvgIpc) is 2.38. The van der Waals surface area contributed by atoms with Gasteiger partial charge in [-0.2, -0.15) is 0 Å². The highest BCUT2D eigenvalue weighted by Gasteiger charge is 2.31. The smallest absolute Gasteiger partial charge is 0.206 e. The first-order chi connectivity index (χ1) is 7.90. The summed E-state index contributed by atoms with van der Waals surface area (Å²) in [5.74, 6) is 0. The third-order valence-corrected chi connectivity index (χ3v) is 4.47. The lowest BCUT2D eigenvalue weighted by Crippen LogP contribution is -2.26. The molecular formula is C13H13O2P. The first kappa shape index (κ1) is 10.2. The predicted molar refractivity (Wildman–Crippen MR) is 66.6 cm³/mol. The van der Waals surface area contributed by atoms with E-state index in [1.807, 2.05) is 6.07 Å². The van der Waals surface area contributed by atoms with E-state index >= 15 is 0 Å². The molecule has 1 aromatic rings. The van der Waals surface area contributed by atoms with E-state index in [0.717, 1.165) is 6.42 Å². The lowest BCUT2D eigenvalue weighted by Gasteiger charge is -2.33. The van der Waals surface area contributed by atoms with Crippen LogP contribution in [0, 0.1) is 0 Å². The zero-order valence-electron chi connectivity index (χ0n) is 9.09. The third-order valence-electron chi connectivity index (χ3n) is 2.91. The van der Waals surface area contributed by atoms with Gasteiger partial charge in [-0.05, 0) is 23.6 Å². The minimum absolute atomic E-state index is 0.172. The van der Waals surface area contributed by atoms with Crippen LogP contribution in [0.1, 0.15) is 12.0 Å². The van der Waals surface area contributed by atoms with Crippen molar-refractivity contribution < 1.29 is 9.05 Å². The van der Waals surface area contributed by atoms with Crippen LogP contribution < -0.4 is 5.30 Å². The SMILES string of the molecule is COP1OC2CC=CC=C2c2ccccc21. The van der Waals surface area contributed by atoms with Gasteiger partial charge in [-0.25, -0.2) is 0 Å². The van der Waals surface area contributed by atoms with Crippen LogP contribution in [0.5, 0.6) is 0 Å². The van der Waals surface area contributed by atoms with Crippen LogP contribution in [0.15, 0.2) is 42.5 Å². The molecule has 0 saturated heterocycles. The molecule has 0 radical (unpaired) electrons. The molecule has 0 saturated carbocycles. The molecule has 0 aromatic heterocycles.